The highest BCUT2D eigenvalue weighted by molar-refractivity contribution is 6.87. The lowest BCUT2D eigenvalue weighted by atomic mass is 10.9. The molecule has 0 aliphatic rings. The molecule has 0 saturated carbocycles. The molecule has 0 saturated heterocycles. The maximum absolute atomic E-state index is 6.78. The molecule has 10 heteroatoms. The second-order valence-corrected chi connectivity index (χ2v) is 16.8. The Bertz CT molecular complexity index is 323. The fourth-order valence-electron chi connectivity index (χ4n) is 2.94. The van der Waals surface area contributed by atoms with Gasteiger partial charge in [-0.25, -0.2) is 0 Å². The summed E-state index contributed by atoms with van der Waals surface area (Å²) in [6, 6.07) is 2.32. The number of hydrogen-bond donors (Lipinski definition) is 0. The van der Waals surface area contributed by atoms with Crippen molar-refractivity contribution in [1.29, 1.82) is 0 Å². The minimum absolute atomic E-state index is 0.431. The summed E-state index contributed by atoms with van der Waals surface area (Å²) < 4.78 is 42.3. The molecular weight excluding hydrogens is 388 g/mol. The molecule has 0 aromatic rings. The Kier molecular flexibility index (Phi) is 13.7. The third-order valence-corrected chi connectivity index (χ3v) is 17.3. The summed E-state index contributed by atoms with van der Waals surface area (Å²) in [4.78, 5) is 0. The average Bonchev–Trinajstić information content (AvgIpc) is 2.62. The van der Waals surface area contributed by atoms with E-state index in [0.29, 0.717) is 31.9 Å². The summed E-state index contributed by atoms with van der Waals surface area (Å²) in [6.45, 7) is 11.4. The Morgan fingerprint density at radius 3 is 1.04 bits per heavy atom. The minimum atomic E-state index is -2.74. The Labute approximate surface area is 163 Å². The SMILES string of the molecule is CCO[Si](CC)(COC)O[Si](CC)(COC)O[Si](CC)(COC)OCC. The highest BCUT2D eigenvalue weighted by Crippen LogP contribution is 2.29. The second kappa shape index (κ2) is 13.5. The van der Waals surface area contributed by atoms with Crippen LogP contribution in [0.5, 0.6) is 0 Å². The minimum Gasteiger partial charge on any atom is -0.412 e. The molecule has 0 aliphatic carbocycles. The van der Waals surface area contributed by atoms with E-state index in [1.165, 1.54) is 0 Å². The van der Waals surface area contributed by atoms with Crippen molar-refractivity contribution in [1.82, 2.24) is 0 Å². The van der Waals surface area contributed by atoms with Crippen molar-refractivity contribution in [3.63, 3.8) is 0 Å². The van der Waals surface area contributed by atoms with E-state index < -0.39 is 25.7 Å². The zero-order chi connectivity index (χ0) is 20.1. The molecule has 0 aromatic heterocycles. The molecule has 0 radical (unpaired) electrons. The molecular formula is C16H40O7Si3. The lowest BCUT2D eigenvalue weighted by Crippen LogP contribution is -2.65. The lowest BCUT2D eigenvalue weighted by molar-refractivity contribution is 0.123. The van der Waals surface area contributed by atoms with Gasteiger partial charge in [-0.3, -0.25) is 0 Å². The van der Waals surface area contributed by atoms with Gasteiger partial charge in [0.1, 0.15) is 0 Å². The predicted octanol–water partition coefficient (Wildman–Crippen LogP) is 3.04. The zero-order valence-corrected chi connectivity index (χ0v) is 21.0. The molecule has 2 unspecified atom stereocenters. The molecule has 0 bridgehead atoms. The van der Waals surface area contributed by atoms with Gasteiger partial charge in [0, 0.05) is 34.5 Å². The van der Waals surface area contributed by atoms with Gasteiger partial charge in [-0.2, -0.15) is 0 Å². The number of ether oxygens (including phenoxy) is 3. The van der Waals surface area contributed by atoms with Crippen molar-refractivity contribution in [2.24, 2.45) is 0 Å². The van der Waals surface area contributed by atoms with Crippen LogP contribution in [0.1, 0.15) is 34.6 Å². The number of hydrogen-bond acceptors (Lipinski definition) is 7. The first-order valence-electron chi connectivity index (χ1n) is 9.55. The van der Waals surface area contributed by atoms with Crippen molar-refractivity contribution in [2.45, 2.75) is 52.8 Å². The molecule has 0 aromatic carbocycles. The quantitative estimate of drug-likeness (QED) is 0.330. The van der Waals surface area contributed by atoms with E-state index in [-0.39, 0.29) is 0 Å². The van der Waals surface area contributed by atoms with E-state index in [1.807, 2.05) is 13.8 Å². The van der Waals surface area contributed by atoms with Gasteiger partial charge >= 0.3 is 25.7 Å². The van der Waals surface area contributed by atoms with Gasteiger partial charge in [-0.05, 0) is 32.0 Å². The van der Waals surface area contributed by atoms with Crippen LogP contribution in [0.4, 0.5) is 0 Å². The maximum atomic E-state index is 6.78. The van der Waals surface area contributed by atoms with Gasteiger partial charge in [0.2, 0.25) is 0 Å². The van der Waals surface area contributed by atoms with Crippen molar-refractivity contribution >= 4 is 25.7 Å². The van der Waals surface area contributed by atoms with Crippen LogP contribution in [0, 0.1) is 0 Å². The molecule has 0 amide bonds. The lowest BCUT2D eigenvalue weighted by Gasteiger charge is -2.43. The highest BCUT2D eigenvalue weighted by atomic mass is 28.5. The third kappa shape index (κ3) is 7.78. The molecule has 0 aliphatic heterocycles. The standard InChI is InChI=1S/C16H40O7Si3/c1-9-20-24(11-3,14-17-6)22-26(13-5,16-19-8)23-25(12-4,15-18-7)21-10-2/h9-16H2,1-8H3. The van der Waals surface area contributed by atoms with E-state index >= 15 is 0 Å². The topological polar surface area (TPSA) is 64.6 Å². The normalized spacial score (nSPS) is 18.9. The summed E-state index contributed by atoms with van der Waals surface area (Å²) in [5.74, 6) is 0. The Balaban J connectivity index is 5.83. The molecule has 158 valence electrons. The monoisotopic (exact) mass is 428 g/mol. The summed E-state index contributed by atoms with van der Waals surface area (Å²) in [5, 5.41) is 0. The third-order valence-electron chi connectivity index (χ3n) is 4.27. The van der Waals surface area contributed by atoms with Gasteiger partial charge in [0.05, 0.1) is 18.7 Å². The Morgan fingerprint density at radius 2 is 0.808 bits per heavy atom. The fraction of sp³-hybridized carbons (Fsp3) is 1.00. The average molecular weight is 429 g/mol. The molecule has 0 rings (SSSR count). The largest absolute Gasteiger partial charge is 0.412 e. The molecule has 0 spiro atoms. The highest BCUT2D eigenvalue weighted by Gasteiger charge is 2.53. The van der Waals surface area contributed by atoms with Crippen molar-refractivity contribution in [3.8, 4) is 0 Å². The Morgan fingerprint density at radius 1 is 0.500 bits per heavy atom. The zero-order valence-electron chi connectivity index (χ0n) is 18.0. The van der Waals surface area contributed by atoms with Crippen LogP contribution < -0.4 is 0 Å². The molecule has 7 nitrogen and oxygen atoms in total. The van der Waals surface area contributed by atoms with E-state index in [1.54, 1.807) is 21.3 Å². The van der Waals surface area contributed by atoms with E-state index in [9.17, 15) is 0 Å². The molecule has 0 fully saturated rings. The second-order valence-electron chi connectivity index (χ2n) is 6.16. The molecule has 0 heterocycles. The predicted molar refractivity (Wildman–Crippen MR) is 110 cm³/mol. The van der Waals surface area contributed by atoms with Gasteiger partial charge in [0.25, 0.3) is 0 Å². The van der Waals surface area contributed by atoms with E-state index in [2.05, 4.69) is 20.8 Å². The van der Waals surface area contributed by atoms with E-state index in [0.717, 1.165) is 18.1 Å². The van der Waals surface area contributed by atoms with Crippen LogP contribution in [-0.2, 0) is 31.3 Å². The first-order chi connectivity index (χ1) is 12.4. The van der Waals surface area contributed by atoms with Crippen LogP contribution in [0.15, 0.2) is 0 Å². The van der Waals surface area contributed by atoms with Crippen LogP contribution in [0.3, 0.4) is 0 Å². The summed E-state index contributed by atoms with van der Waals surface area (Å²) >= 11 is 0. The number of methoxy groups -OCH3 is 3. The van der Waals surface area contributed by atoms with Gasteiger partial charge in [-0.1, -0.05) is 20.8 Å². The van der Waals surface area contributed by atoms with Crippen LogP contribution >= 0.6 is 0 Å². The van der Waals surface area contributed by atoms with Crippen molar-refractivity contribution in [3.05, 3.63) is 0 Å². The first-order valence-corrected chi connectivity index (χ1v) is 16.2. The summed E-state index contributed by atoms with van der Waals surface area (Å²) in [5.41, 5.74) is 0. The van der Waals surface area contributed by atoms with Crippen LogP contribution in [-0.4, -0.2) is 78.9 Å². The van der Waals surface area contributed by atoms with Gasteiger partial charge in [0.15, 0.2) is 0 Å². The van der Waals surface area contributed by atoms with Crippen molar-refractivity contribution < 1.29 is 31.3 Å². The smallest absolute Gasteiger partial charge is 0.355 e. The molecule has 26 heavy (non-hydrogen) atoms. The Hall–Kier alpha value is 0.371. The van der Waals surface area contributed by atoms with E-state index in [4.69, 9.17) is 31.3 Å². The molecule has 2 atom stereocenters. The maximum Gasteiger partial charge on any atom is 0.355 e. The van der Waals surface area contributed by atoms with Crippen LogP contribution in [0.25, 0.3) is 0 Å². The fourth-order valence-corrected chi connectivity index (χ4v) is 16.2. The van der Waals surface area contributed by atoms with Crippen LogP contribution in [0.2, 0.25) is 18.1 Å². The van der Waals surface area contributed by atoms with Gasteiger partial charge in [-0.15, -0.1) is 0 Å². The van der Waals surface area contributed by atoms with Gasteiger partial charge < -0.3 is 31.3 Å². The molecule has 0 N–H and O–H groups in total. The van der Waals surface area contributed by atoms with Crippen molar-refractivity contribution in [2.75, 3.05) is 53.2 Å². The summed E-state index contributed by atoms with van der Waals surface area (Å²) in [6.07, 6.45) is 1.37. The summed E-state index contributed by atoms with van der Waals surface area (Å²) in [7, 11) is -2.81. The first kappa shape index (κ1) is 26.4. The number of rotatable bonds is 17.